The van der Waals surface area contributed by atoms with E-state index < -0.39 is 29.6 Å². The first kappa shape index (κ1) is 27.6. The first-order valence-electron chi connectivity index (χ1n) is 12.1. The largest absolute Gasteiger partial charge is 0.497 e. The minimum absolute atomic E-state index is 0.0882. The van der Waals surface area contributed by atoms with Gasteiger partial charge in [-0.25, -0.2) is 8.78 Å². The maximum absolute atomic E-state index is 13.4. The molecular weight excluding hydrogens is 522 g/mol. The number of methoxy groups -OCH3 is 1. The van der Waals surface area contributed by atoms with E-state index >= 15 is 0 Å². The van der Waals surface area contributed by atoms with Crippen LogP contribution in [0.2, 0.25) is 5.02 Å². The molecule has 37 heavy (non-hydrogen) atoms. The van der Waals surface area contributed by atoms with Crippen molar-refractivity contribution in [1.82, 2.24) is 9.88 Å². The molecule has 1 saturated heterocycles. The predicted molar refractivity (Wildman–Crippen MR) is 140 cm³/mol. The first-order chi connectivity index (χ1) is 17.7. The molecule has 1 aliphatic rings. The second-order valence-electron chi connectivity index (χ2n) is 9.24. The zero-order valence-electron chi connectivity index (χ0n) is 20.4. The Bertz CT molecular complexity index is 1240. The van der Waals surface area contributed by atoms with E-state index in [1.165, 1.54) is 30.1 Å². The molecule has 10 heteroatoms. The van der Waals surface area contributed by atoms with Crippen LogP contribution in [0.1, 0.15) is 30.9 Å². The highest BCUT2D eigenvalue weighted by Gasteiger charge is 2.34. The van der Waals surface area contributed by atoms with Crippen LogP contribution in [0.4, 0.5) is 8.78 Å². The van der Waals surface area contributed by atoms with Gasteiger partial charge in [-0.1, -0.05) is 11.6 Å². The van der Waals surface area contributed by atoms with Gasteiger partial charge in [0.25, 0.3) is 0 Å². The number of pyridine rings is 1. The number of carboxylic acids is 1. The summed E-state index contributed by atoms with van der Waals surface area (Å²) in [4.78, 5) is 19.0. The number of carboxylic acid groups (broad SMARTS) is 1. The summed E-state index contributed by atoms with van der Waals surface area (Å²) in [5, 5.41) is 22.0. The van der Waals surface area contributed by atoms with Gasteiger partial charge in [0.05, 0.1) is 29.7 Å². The van der Waals surface area contributed by atoms with E-state index in [0.29, 0.717) is 70.2 Å². The molecule has 3 unspecified atom stereocenters. The number of hydrogen-bond acceptors (Lipinski definition) is 6. The summed E-state index contributed by atoms with van der Waals surface area (Å²) in [6.45, 7) is 1.73. The fourth-order valence-corrected chi connectivity index (χ4v) is 6.20. The van der Waals surface area contributed by atoms with Crippen LogP contribution < -0.4 is 4.74 Å². The SMILES string of the molecule is COc1ccc2ncc(Cl)c(C(O)CCC3CCN(CCSc4cc(F)cc(F)c4)CC3C(=O)O)c2c1. The molecular formula is C27H29ClF2N2O4S. The molecule has 0 radical (unpaired) electrons. The summed E-state index contributed by atoms with van der Waals surface area (Å²) in [5.74, 6) is -1.52. The quantitative estimate of drug-likeness (QED) is 0.308. The lowest BCUT2D eigenvalue weighted by Gasteiger charge is -2.37. The molecule has 0 amide bonds. The monoisotopic (exact) mass is 550 g/mol. The van der Waals surface area contributed by atoms with E-state index in [4.69, 9.17) is 16.3 Å². The number of rotatable bonds is 10. The van der Waals surface area contributed by atoms with E-state index in [0.717, 1.165) is 12.6 Å². The zero-order chi connectivity index (χ0) is 26.5. The lowest BCUT2D eigenvalue weighted by atomic mass is 9.81. The van der Waals surface area contributed by atoms with Gasteiger partial charge in [0.1, 0.15) is 17.4 Å². The van der Waals surface area contributed by atoms with Crippen molar-refractivity contribution in [3.8, 4) is 5.75 Å². The maximum Gasteiger partial charge on any atom is 0.308 e. The average Bonchev–Trinajstić information content (AvgIpc) is 2.86. The van der Waals surface area contributed by atoms with Crippen molar-refractivity contribution in [2.75, 3.05) is 32.5 Å². The Hall–Kier alpha value is -2.46. The van der Waals surface area contributed by atoms with Crippen molar-refractivity contribution in [3.05, 3.63) is 64.8 Å². The number of aromatic nitrogens is 1. The third-order valence-corrected chi connectivity index (χ3v) is 8.14. The molecule has 0 saturated carbocycles. The lowest BCUT2D eigenvalue weighted by Crippen LogP contribution is -2.44. The molecule has 4 rings (SSSR count). The van der Waals surface area contributed by atoms with Crippen LogP contribution in [-0.2, 0) is 4.79 Å². The Morgan fingerprint density at radius 2 is 2.03 bits per heavy atom. The second kappa shape index (κ2) is 12.4. The third-order valence-electron chi connectivity index (χ3n) is 6.88. The molecule has 0 spiro atoms. The zero-order valence-corrected chi connectivity index (χ0v) is 21.9. The van der Waals surface area contributed by atoms with Crippen molar-refractivity contribution in [2.24, 2.45) is 11.8 Å². The number of aliphatic carboxylic acids is 1. The fraction of sp³-hybridized carbons (Fsp3) is 0.407. The van der Waals surface area contributed by atoms with Crippen molar-refractivity contribution in [2.45, 2.75) is 30.3 Å². The molecule has 3 atom stereocenters. The van der Waals surface area contributed by atoms with Crippen LogP contribution in [-0.4, -0.2) is 58.6 Å². The summed E-state index contributed by atoms with van der Waals surface area (Å²) in [6, 6.07) is 8.81. The molecule has 1 aromatic heterocycles. The van der Waals surface area contributed by atoms with Crippen LogP contribution in [0, 0.1) is 23.5 Å². The molecule has 2 aromatic carbocycles. The predicted octanol–water partition coefficient (Wildman–Crippen LogP) is 5.80. The fourth-order valence-electron chi connectivity index (χ4n) is 4.95. The Labute approximate surface area is 223 Å². The first-order valence-corrected chi connectivity index (χ1v) is 13.5. The standard InChI is InChI=1S/C27H29ClF2N2O4S/c1-36-19-3-4-24-21(13-19)26(23(28)14-31-24)25(33)5-2-16-6-7-32(15-22(16)27(34)35)8-9-37-20-11-17(29)10-18(30)12-20/h3-4,10-14,16,22,25,33H,2,5-9,15H2,1H3,(H,34,35). The number of aliphatic hydroxyl groups excluding tert-OH is 1. The molecule has 2 N–H and O–H groups in total. The van der Waals surface area contributed by atoms with Gasteiger partial charge < -0.3 is 19.8 Å². The van der Waals surface area contributed by atoms with Crippen LogP contribution in [0.5, 0.6) is 5.75 Å². The third kappa shape index (κ3) is 6.90. The van der Waals surface area contributed by atoms with E-state index in [1.807, 2.05) is 0 Å². The number of halogens is 3. The number of nitrogens with zero attached hydrogens (tertiary/aromatic N) is 2. The van der Waals surface area contributed by atoms with Crippen molar-refractivity contribution < 1.29 is 28.5 Å². The van der Waals surface area contributed by atoms with Crippen molar-refractivity contribution in [3.63, 3.8) is 0 Å². The van der Waals surface area contributed by atoms with E-state index in [1.54, 1.807) is 25.3 Å². The van der Waals surface area contributed by atoms with Gasteiger partial charge in [0.2, 0.25) is 0 Å². The maximum atomic E-state index is 13.4. The molecule has 6 nitrogen and oxygen atoms in total. The van der Waals surface area contributed by atoms with Gasteiger partial charge in [0, 0.05) is 47.0 Å². The van der Waals surface area contributed by atoms with Gasteiger partial charge in [-0.05, 0) is 62.1 Å². The number of fused-ring (bicyclic) bond motifs is 1. The highest BCUT2D eigenvalue weighted by molar-refractivity contribution is 7.99. The number of hydrogen-bond donors (Lipinski definition) is 2. The number of carbonyl (C=O) groups is 1. The van der Waals surface area contributed by atoms with E-state index in [9.17, 15) is 23.8 Å². The van der Waals surface area contributed by atoms with Gasteiger partial charge in [0.15, 0.2) is 0 Å². The number of aliphatic hydroxyl groups is 1. The molecule has 1 fully saturated rings. The Morgan fingerprint density at radius 3 is 2.73 bits per heavy atom. The van der Waals surface area contributed by atoms with E-state index in [2.05, 4.69) is 9.88 Å². The number of benzene rings is 2. The van der Waals surface area contributed by atoms with Crippen molar-refractivity contribution in [1.29, 1.82) is 0 Å². The van der Waals surface area contributed by atoms with Gasteiger partial charge in [-0.2, -0.15) is 0 Å². The Kier molecular flexibility index (Phi) is 9.23. The number of thioether (sulfide) groups is 1. The number of likely N-dealkylation sites (tertiary alicyclic amines) is 1. The van der Waals surface area contributed by atoms with Crippen LogP contribution in [0.15, 0.2) is 47.5 Å². The molecule has 0 aliphatic carbocycles. The van der Waals surface area contributed by atoms with Gasteiger partial charge in [-0.15, -0.1) is 11.8 Å². The Balaban J connectivity index is 1.36. The Morgan fingerprint density at radius 1 is 1.27 bits per heavy atom. The summed E-state index contributed by atoms with van der Waals surface area (Å²) in [7, 11) is 1.56. The van der Waals surface area contributed by atoms with Crippen LogP contribution in [0.3, 0.4) is 0 Å². The van der Waals surface area contributed by atoms with Gasteiger partial charge >= 0.3 is 5.97 Å². The van der Waals surface area contributed by atoms with Gasteiger partial charge in [-0.3, -0.25) is 9.78 Å². The number of ether oxygens (including phenoxy) is 1. The topological polar surface area (TPSA) is 82.9 Å². The smallest absolute Gasteiger partial charge is 0.308 e. The number of piperidine rings is 1. The average molecular weight is 551 g/mol. The molecule has 3 aromatic rings. The van der Waals surface area contributed by atoms with Crippen molar-refractivity contribution >= 4 is 40.2 Å². The molecule has 198 valence electrons. The summed E-state index contributed by atoms with van der Waals surface area (Å²) < 4.78 is 32.1. The lowest BCUT2D eigenvalue weighted by molar-refractivity contribution is -0.146. The molecule has 2 heterocycles. The second-order valence-corrected chi connectivity index (χ2v) is 10.8. The normalized spacial score (nSPS) is 19.2. The minimum atomic E-state index is -0.874. The minimum Gasteiger partial charge on any atom is -0.497 e. The highest BCUT2D eigenvalue weighted by Crippen LogP contribution is 2.37. The van der Waals surface area contributed by atoms with E-state index in [-0.39, 0.29) is 5.92 Å². The van der Waals surface area contributed by atoms with Crippen LogP contribution >= 0.6 is 23.4 Å². The van der Waals surface area contributed by atoms with Crippen LogP contribution in [0.25, 0.3) is 10.9 Å². The highest BCUT2D eigenvalue weighted by atomic mass is 35.5. The summed E-state index contributed by atoms with van der Waals surface area (Å²) in [5.41, 5.74) is 1.26. The summed E-state index contributed by atoms with van der Waals surface area (Å²) >= 11 is 7.76. The molecule has 0 bridgehead atoms. The summed E-state index contributed by atoms with van der Waals surface area (Å²) in [6.07, 6.45) is 2.23. The molecule has 1 aliphatic heterocycles.